The lowest BCUT2D eigenvalue weighted by Gasteiger charge is -2.29. The van der Waals surface area contributed by atoms with E-state index in [4.69, 9.17) is 9.72 Å². The minimum atomic E-state index is -3.89. The summed E-state index contributed by atoms with van der Waals surface area (Å²) in [4.78, 5) is 66.7. The van der Waals surface area contributed by atoms with Crippen molar-refractivity contribution in [2.24, 2.45) is 5.92 Å². The number of rotatable bonds is 7. The molecule has 4 amide bonds. The van der Waals surface area contributed by atoms with E-state index >= 15 is 0 Å². The molecular weight excluding hydrogens is 713 g/mol. The molecule has 4 N–H and O–H groups in total. The number of sulfonamides is 1. The van der Waals surface area contributed by atoms with Gasteiger partial charge in [-0.3, -0.25) is 29.0 Å². The van der Waals surface area contributed by atoms with E-state index in [0.29, 0.717) is 49.3 Å². The molecule has 16 heteroatoms. The highest BCUT2D eigenvalue weighted by Crippen LogP contribution is 2.46. The maximum Gasteiger partial charge on any atom is 0.272 e. The predicted molar refractivity (Wildman–Crippen MR) is 197 cm³/mol. The molecule has 54 heavy (non-hydrogen) atoms. The molecule has 0 spiro atoms. The summed E-state index contributed by atoms with van der Waals surface area (Å²) in [6, 6.07) is 10.9. The predicted octanol–water partition coefficient (Wildman–Crippen LogP) is 2.97. The molecule has 4 aromatic rings. The van der Waals surface area contributed by atoms with Crippen LogP contribution in [0.15, 0.2) is 60.8 Å². The van der Waals surface area contributed by atoms with Crippen molar-refractivity contribution < 1.29 is 32.3 Å². The zero-order chi connectivity index (χ0) is 37.6. The highest BCUT2D eigenvalue weighted by Gasteiger charge is 2.62. The minimum absolute atomic E-state index is 0.0142. The van der Waals surface area contributed by atoms with E-state index in [1.165, 1.54) is 4.90 Å². The number of hydrogen-bond acceptors (Lipinski definition) is 10. The molecule has 2 aliphatic carbocycles. The Hall–Kier alpha value is -5.38. The Bertz CT molecular complexity index is 2290. The monoisotopic (exact) mass is 754 g/mol. The standard InChI is InChI=1S/C38H42N8O7S/c1-22-18-30(44-43-22)33(47)40-29-14-6-4-2-3-5-10-23-20-38(23,37(50)45-54(51,52)25-15-16-25)42-34(48)31-19-24(21-46(31)36(29)49)53-35-28-12-8-7-11-26(28)27-13-9-17-39-32(27)41-35/h5,7-13,17-18,23-25,29,31H,2-4,6,14-16,19-21H2,1H3,(H,40,47)(H,42,48)(H,43,44)(H,45,50)/t23-,24-,29+,31+,38-/m1/s1. The van der Waals surface area contributed by atoms with Crippen LogP contribution in [0.3, 0.4) is 0 Å². The van der Waals surface area contributed by atoms with Gasteiger partial charge in [-0.2, -0.15) is 10.1 Å². The number of hydrogen-bond donors (Lipinski definition) is 4. The van der Waals surface area contributed by atoms with Crippen LogP contribution in [0.2, 0.25) is 0 Å². The molecule has 3 aromatic heterocycles. The Labute approximate surface area is 311 Å². The van der Waals surface area contributed by atoms with Gasteiger partial charge in [0.25, 0.3) is 11.8 Å². The lowest BCUT2D eigenvalue weighted by Crippen LogP contribution is -2.58. The Kier molecular flexibility index (Phi) is 9.32. The maximum atomic E-state index is 14.6. The molecule has 0 radical (unpaired) electrons. The second-order valence-corrected chi connectivity index (χ2v) is 16.8. The van der Waals surface area contributed by atoms with E-state index in [-0.39, 0.29) is 25.1 Å². The lowest BCUT2D eigenvalue weighted by atomic mass is 10.0. The fourth-order valence-corrected chi connectivity index (χ4v) is 8.98. The van der Waals surface area contributed by atoms with Crippen LogP contribution in [0.25, 0.3) is 21.8 Å². The summed E-state index contributed by atoms with van der Waals surface area (Å²) in [6.45, 7) is 1.75. The molecule has 282 valence electrons. The molecule has 1 saturated heterocycles. The summed E-state index contributed by atoms with van der Waals surface area (Å²) in [5.74, 6) is -2.54. The molecule has 8 rings (SSSR count). The molecule has 4 aliphatic rings. The van der Waals surface area contributed by atoms with Crippen LogP contribution in [0, 0.1) is 12.8 Å². The molecule has 0 unspecified atom stereocenters. The highest BCUT2D eigenvalue weighted by atomic mass is 32.2. The van der Waals surface area contributed by atoms with Gasteiger partial charge in [-0.15, -0.1) is 0 Å². The molecule has 1 aromatic carbocycles. The van der Waals surface area contributed by atoms with E-state index < -0.39 is 68.5 Å². The Balaban J connectivity index is 1.12. The zero-order valence-corrected chi connectivity index (χ0v) is 30.6. The second kappa shape index (κ2) is 14.1. The van der Waals surface area contributed by atoms with Crippen LogP contribution < -0.4 is 20.1 Å². The molecule has 5 heterocycles. The number of amides is 4. The first-order valence-electron chi connectivity index (χ1n) is 18.5. The highest BCUT2D eigenvalue weighted by molar-refractivity contribution is 7.91. The van der Waals surface area contributed by atoms with Gasteiger partial charge in [-0.1, -0.05) is 43.2 Å². The van der Waals surface area contributed by atoms with Gasteiger partial charge >= 0.3 is 0 Å². The number of ether oxygens (including phenoxy) is 1. The number of H-pyrrole nitrogens is 1. The summed E-state index contributed by atoms with van der Waals surface area (Å²) < 4.78 is 34.5. The van der Waals surface area contributed by atoms with Crippen molar-refractivity contribution in [2.45, 2.75) is 93.7 Å². The third kappa shape index (κ3) is 7.01. The van der Waals surface area contributed by atoms with Crippen LogP contribution in [0.5, 0.6) is 5.88 Å². The molecule has 15 nitrogen and oxygen atoms in total. The smallest absolute Gasteiger partial charge is 0.272 e. The van der Waals surface area contributed by atoms with E-state index in [2.05, 4.69) is 30.5 Å². The van der Waals surface area contributed by atoms with Gasteiger partial charge in [0.1, 0.15) is 29.4 Å². The largest absolute Gasteiger partial charge is 0.472 e. The van der Waals surface area contributed by atoms with Gasteiger partial charge in [0.2, 0.25) is 27.7 Å². The van der Waals surface area contributed by atoms with E-state index in [1.54, 1.807) is 19.2 Å². The number of nitrogens with zero attached hydrogens (tertiary/aromatic N) is 4. The SMILES string of the molecule is Cc1cc(C(=O)N[C@H]2CCCCCC=C[C@@H]3C[C@@]3(C(=O)NS(=O)(=O)C3CC3)NC(=O)[C@@H]3C[C@@H](Oc4nc5ncccc5c5ccccc45)CN3C2=O)n[nH]1. The normalized spacial score (nSPS) is 26.3. The topological polar surface area (TPSA) is 205 Å². The third-order valence-corrected chi connectivity index (χ3v) is 12.6. The van der Waals surface area contributed by atoms with Crippen LogP contribution in [-0.2, 0) is 24.4 Å². The molecule has 2 saturated carbocycles. The number of carbonyl (C=O) groups is 4. The van der Waals surface area contributed by atoms with Gasteiger partial charge in [-0.05, 0) is 75.1 Å². The van der Waals surface area contributed by atoms with E-state index in [9.17, 15) is 27.6 Å². The molecular formula is C38H42N8O7S. The number of aryl methyl sites for hydroxylation is 1. The van der Waals surface area contributed by atoms with Crippen molar-refractivity contribution in [2.75, 3.05) is 6.54 Å². The summed E-state index contributed by atoms with van der Waals surface area (Å²) in [6.07, 6.45) is 9.17. The number of nitrogens with one attached hydrogen (secondary N) is 4. The summed E-state index contributed by atoms with van der Waals surface area (Å²) >= 11 is 0. The zero-order valence-electron chi connectivity index (χ0n) is 29.8. The van der Waals surface area contributed by atoms with Gasteiger partial charge < -0.3 is 20.3 Å². The van der Waals surface area contributed by atoms with Gasteiger partial charge in [0, 0.05) is 35.0 Å². The second-order valence-electron chi connectivity index (χ2n) is 14.8. The number of pyridine rings is 2. The maximum absolute atomic E-state index is 14.6. The first-order valence-corrected chi connectivity index (χ1v) is 20.1. The van der Waals surface area contributed by atoms with Crippen molar-refractivity contribution >= 4 is 55.5 Å². The number of allylic oxidation sites excluding steroid dienone is 1. The van der Waals surface area contributed by atoms with E-state index in [0.717, 1.165) is 29.0 Å². The van der Waals surface area contributed by atoms with Crippen molar-refractivity contribution in [3.8, 4) is 5.88 Å². The quantitative estimate of drug-likeness (QED) is 0.160. The fourth-order valence-electron chi connectivity index (χ4n) is 7.62. The average Bonchev–Trinajstić information content (AvgIpc) is 4.05. The van der Waals surface area contributed by atoms with Gasteiger partial charge in [0.05, 0.1) is 11.8 Å². The number of aromatic amines is 1. The molecule has 2 aliphatic heterocycles. The van der Waals surface area contributed by atoms with Crippen molar-refractivity contribution in [1.82, 2.24) is 40.4 Å². The van der Waals surface area contributed by atoms with Crippen LogP contribution in [-0.4, -0.2) is 92.6 Å². The van der Waals surface area contributed by atoms with Gasteiger partial charge in [0.15, 0.2) is 5.65 Å². The van der Waals surface area contributed by atoms with Crippen LogP contribution in [0.4, 0.5) is 0 Å². The number of fused-ring (bicyclic) bond motifs is 5. The summed E-state index contributed by atoms with van der Waals surface area (Å²) in [7, 11) is -3.89. The van der Waals surface area contributed by atoms with E-state index in [1.807, 2.05) is 48.6 Å². The summed E-state index contributed by atoms with van der Waals surface area (Å²) in [5.41, 5.74) is -0.207. The van der Waals surface area contributed by atoms with Crippen molar-refractivity contribution in [3.05, 3.63) is 72.2 Å². The van der Waals surface area contributed by atoms with Crippen LogP contribution in [0.1, 0.15) is 74.0 Å². The third-order valence-electron chi connectivity index (χ3n) is 10.8. The number of aromatic nitrogens is 4. The Morgan fingerprint density at radius 1 is 1.02 bits per heavy atom. The molecule has 3 fully saturated rings. The minimum Gasteiger partial charge on any atom is -0.472 e. The Morgan fingerprint density at radius 3 is 2.59 bits per heavy atom. The molecule has 5 atom stereocenters. The first-order chi connectivity index (χ1) is 26.0. The van der Waals surface area contributed by atoms with Gasteiger partial charge in [-0.25, -0.2) is 13.4 Å². The number of carbonyl (C=O) groups excluding carboxylic acids is 4. The molecule has 0 bridgehead atoms. The van der Waals surface area contributed by atoms with Crippen LogP contribution >= 0.6 is 0 Å². The van der Waals surface area contributed by atoms with Crippen molar-refractivity contribution in [1.29, 1.82) is 0 Å². The fraction of sp³-hybridized carbons (Fsp3) is 0.447. The van der Waals surface area contributed by atoms with Crippen molar-refractivity contribution in [3.63, 3.8) is 0 Å². The Morgan fingerprint density at radius 2 is 1.81 bits per heavy atom. The lowest BCUT2D eigenvalue weighted by molar-refractivity contribution is -0.141. The first kappa shape index (κ1) is 35.6. The number of benzene rings is 1. The average molecular weight is 755 g/mol. The summed E-state index contributed by atoms with van der Waals surface area (Å²) in [5, 5.41) is 14.4.